The molecule has 4 heteroatoms. The molecule has 0 aliphatic rings. The van der Waals surface area contributed by atoms with E-state index in [9.17, 15) is 0 Å². The van der Waals surface area contributed by atoms with Gasteiger partial charge < -0.3 is 9.47 Å². The van der Waals surface area contributed by atoms with Gasteiger partial charge in [-0.2, -0.15) is 5.10 Å². The van der Waals surface area contributed by atoms with Gasteiger partial charge in [0.25, 0.3) is 0 Å². The highest BCUT2D eigenvalue weighted by Crippen LogP contribution is 2.32. The summed E-state index contributed by atoms with van der Waals surface area (Å²) in [7, 11) is 3.33. The third-order valence-electron chi connectivity index (χ3n) is 3.10. The van der Waals surface area contributed by atoms with E-state index in [4.69, 9.17) is 9.47 Å². The zero-order chi connectivity index (χ0) is 13.5. The largest absolute Gasteiger partial charge is 0.480 e. The summed E-state index contributed by atoms with van der Waals surface area (Å²) < 4.78 is 10.5. The van der Waals surface area contributed by atoms with Gasteiger partial charge >= 0.3 is 0 Å². The number of rotatable bonds is 6. The minimum Gasteiger partial charge on any atom is -0.480 e. The quantitative estimate of drug-likeness (QED) is 0.799. The average Bonchev–Trinajstić information content (AvgIpc) is 2.49. The van der Waals surface area contributed by atoms with Crippen molar-refractivity contribution < 1.29 is 9.47 Å². The van der Waals surface area contributed by atoms with Gasteiger partial charge in [0.2, 0.25) is 5.88 Å². The smallest absolute Gasteiger partial charge is 0.236 e. The Morgan fingerprint density at radius 3 is 2.58 bits per heavy atom. The second kappa shape index (κ2) is 6.85. The predicted octanol–water partition coefficient (Wildman–Crippen LogP) is 2.65. The third-order valence-corrected chi connectivity index (χ3v) is 3.10. The Morgan fingerprint density at radius 1 is 1.11 bits per heavy atom. The fourth-order valence-corrected chi connectivity index (χ4v) is 2.18. The molecule has 0 fully saturated rings. The topological polar surface area (TPSA) is 44.2 Å². The molecule has 0 saturated carbocycles. The van der Waals surface area contributed by atoms with Crippen LogP contribution in [0.1, 0.15) is 23.5 Å². The van der Waals surface area contributed by atoms with Crippen LogP contribution >= 0.6 is 0 Å². The first-order valence-electron chi connectivity index (χ1n) is 6.26. The maximum atomic E-state index is 5.31. The van der Waals surface area contributed by atoms with E-state index in [1.165, 1.54) is 5.56 Å². The number of hydrogen-bond acceptors (Lipinski definition) is 4. The highest BCUT2D eigenvalue weighted by atomic mass is 16.5. The van der Waals surface area contributed by atoms with Gasteiger partial charge in [0, 0.05) is 25.2 Å². The van der Waals surface area contributed by atoms with E-state index >= 15 is 0 Å². The van der Waals surface area contributed by atoms with Crippen molar-refractivity contribution >= 4 is 0 Å². The number of methoxy groups -OCH3 is 2. The number of ether oxygens (including phenoxy) is 2. The Bertz CT molecular complexity index is 503. The Balaban J connectivity index is 2.37. The maximum Gasteiger partial charge on any atom is 0.236 e. The summed E-state index contributed by atoms with van der Waals surface area (Å²) in [6, 6.07) is 12.3. The molecule has 0 N–H and O–H groups in total. The lowest BCUT2D eigenvalue weighted by atomic mass is 9.89. The van der Waals surface area contributed by atoms with Gasteiger partial charge in [0.05, 0.1) is 13.3 Å². The molecule has 0 aliphatic heterocycles. The Hall–Kier alpha value is -1.94. The van der Waals surface area contributed by atoms with Crippen LogP contribution in [0.5, 0.6) is 5.88 Å². The molecule has 19 heavy (non-hydrogen) atoms. The van der Waals surface area contributed by atoms with Crippen molar-refractivity contribution in [3.8, 4) is 5.88 Å². The molecule has 100 valence electrons. The third kappa shape index (κ3) is 3.29. The lowest BCUT2D eigenvalue weighted by Crippen LogP contribution is -2.08. The van der Waals surface area contributed by atoms with Gasteiger partial charge in [0.1, 0.15) is 0 Å². The summed E-state index contributed by atoms with van der Waals surface area (Å²) in [5, 5.41) is 7.90. The van der Waals surface area contributed by atoms with Crippen LogP contribution in [0.15, 0.2) is 42.6 Å². The molecular weight excluding hydrogens is 240 g/mol. The van der Waals surface area contributed by atoms with E-state index in [1.807, 2.05) is 24.3 Å². The standard InChI is InChI=1S/C15H18N2O2/c1-18-11-9-13(12-6-4-3-5-7-12)14-8-10-16-17-15(14)19-2/h3-8,10,13H,9,11H2,1-2H3/t13-/m0/s1. The van der Waals surface area contributed by atoms with Crippen molar-refractivity contribution in [1.82, 2.24) is 10.2 Å². The number of benzene rings is 1. The summed E-state index contributed by atoms with van der Waals surface area (Å²) in [5.41, 5.74) is 2.27. The first-order chi connectivity index (χ1) is 9.36. The van der Waals surface area contributed by atoms with Crippen molar-refractivity contribution in [3.05, 3.63) is 53.7 Å². The summed E-state index contributed by atoms with van der Waals surface area (Å²) >= 11 is 0. The maximum absolute atomic E-state index is 5.31. The molecule has 0 radical (unpaired) electrons. The van der Waals surface area contributed by atoms with Crippen molar-refractivity contribution in [3.63, 3.8) is 0 Å². The molecule has 1 heterocycles. The van der Waals surface area contributed by atoms with Crippen LogP contribution in [0.4, 0.5) is 0 Å². The molecule has 0 spiro atoms. The monoisotopic (exact) mass is 258 g/mol. The molecule has 0 saturated heterocycles. The van der Waals surface area contributed by atoms with Crippen molar-refractivity contribution in [1.29, 1.82) is 0 Å². The lowest BCUT2D eigenvalue weighted by Gasteiger charge is -2.18. The SMILES string of the molecule is COCC[C@@H](c1ccccc1)c1ccnnc1OC. The van der Waals surface area contributed by atoms with Crippen LogP contribution < -0.4 is 4.74 Å². The van der Waals surface area contributed by atoms with Crippen molar-refractivity contribution in [2.45, 2.75) is 12.3 Å². The first-order valence-corrected chi connectivity index (χ1v) is 6.26. The van der Waals surface area contributed by atoms with Crippen molar-refractivity contribution in [2.75, 3.05) is 20.8 Å². The van der Waals surface area contributed by atoms with Gasteiger partial charge in [-0.1, -0.05) is 30.3 Å². The van der Waals surface area contributed by atoms with E-state index in [2.05, 4.69) is 22.3 Å². The highest BCUT2D eigenvalue weighted by molar-refractivity contribution is 5.36. The van der Waals surface area contributed by atoms with Gasteiger partial charge in [0.15, 0.2) is 0 Å². The summed E-state index contributed by atoms with van der Waals surface area (Å²) in [6.45, 7) is 0.686. The molecule has 2 aromatic rings. The van der Waals surface area contributed by atoms with Crippen LogP contribution in [0, 0.1) is 0 Å². The number of aromatic nitrogens is 2. The molecule has 1 aromatic heterocycles. The van der Waals surface area contributed by atoms with Crippen molar-refractivity contribution in [2.24, 2.45) is 0 Å². The first kappa shape index (κ1) is 13.5. The van der Waals surface area contributed by atoms with E-state index in [0.717, 1.165) is 12.0 Å². The van der Waals surface area contributed by atoms with Crippen LogP contribution in [0.3, 0.4) is 0 Å². The molecule has 0 amide bonds. The average molecular weight is 258 g/mol. The summed E-state index contributed by atoms with van der Waals surface area (Å²) in [5.74, 6) is 0.777. The molecular formula is C15H18N2O2. The molecule has 0 aliphatic carbocycles. The van der Waals surface area contributed by atoms with Gasteiger partial charge in [-0.3, -0.25) is 0 Å². The van der Waals surface area contributed by atoms with Crippen LogP contribution in [-0.2, 0) is 4.74 Å². The van der Waals surface area contributed by atoms with Gasteiger partial charge in [-0.15, -0.1) is 5.10 Å². The van der Waals surface area contributed by atoms with Gasteiger partial charge in [-0.05, 0) is 18.1 Å². The molecule has 0 unspecified atom stereocenters. The van der Waals surface area contributed by atoms with E-state index in [1.54, 1.807) is 20.4 Å². The highest BCUT2D eigenvalue weighted by Gasteiger charge is 2.18. The van der Waals surface area contributed by atoms with E-state index < -0.39 is 0 Å². The normalized spacial score (nSPS) is 12.1. The minimum atomic E-state index is 0.201. The van der Waals surface area contributed by atoms with Crippen LogP contribution in [0.25, 0.3) is 0 Å². The lowest BCUT2D eigenvalue weighted by molar-refractivity contribution is 0.190. The van der Waals surface area contributed by atoms with Gasteiger partial charge in [-0.25, -0.2) is 0 Å². The molecule has 4 nitrogen and oxygen atoms in total. The Morgan fingerprint density at radius 2 is 1.89 bits per heavy atom. The zero-order valence-electron chi connectivity index (χ0n) is 11.2. The fraction of sp³-hybridized carbons (Fsp3) is 0.333. The molecule has 1 aromatic carbocycles. The number of nitrogens with zero attached hydrogens (tertiary/aromatic N) is 2. The fourth-order valence-electron chi connectivity index (χ4n) is 2.18. The van der Waals surface area contributed by atoms with E-state index in [0.29, 0.717) is 12.5 Å². The predicted molar refractivity (Wildman–Crippen MR) is 73.4 cm³/mol. The second-order valence-electron chi connectivity index (χ2n) is 4.24. The summed E-state index contributed by atoms with van der Waals surface area (Å²) in [4.78, 5) is 0. The Kier molecular flexibility index (Phi) is 4.86. The molecule has 2 rings (SSSR count). The van der Waals surface area contributed by atoms with Crippen LogP contribution in [-0.4, -0.2) is 31.0 Å². The number of hydrogen-bond donors (Lipinski definition) is 0. The molecule has 1 atom stereocenters. The van der Waals surface area contributed by atoms with E-state index in [-0.39, 0.29) is 5.92 Å². The molecule has 0 bridgehead atoms. The van der Waals surface area contributed by atoms with Crippen LogP contribution in [0.2, 0.25) is 0 Å². The zero-order valence-corrected chi connectivity index (χ0v) is 11.2. The Labute approximate surface area is 113 Å². The second-order valence-corrected chi connectivity index (χ2v) is 4.24. The summed E-state index contributed by atoms with van der Waals surface area (Å²) in [6.07, 6.45) is 2.57. The minimum absolute atomic E-state index is 0.201.